The average molecular weight is 388 g/mol. The van der Waals surface area contributed by atoms with Crippen LogP contribution >= 0.6 is 0 Å². The lowest BCUT2D eigenvalue weighted by Gasteiger charge is -2.28. The standard InChI is InChI=1S/C26H29NO2/c1-3-21-15-17-24(18-16-21)29-25(4-2)26(28)27(19-22-11-7-5-8-12-22)20-23-13-9-6-10-14-23/h5-18,25H,3-4,19-20H2,1-2H3/t25-/m1/s1. The fourth-order valence-corrected chi connectivity index (χ4v) is 3.30. The van der Waals surface area contributed by atoms with Crippen molar-refractivity contribution in [2.24, 2.45) is 0 Å². The van der Waals surface area contributed by atoms with Gasteiger partial charge in [0.25, 0.3) is 5.91 Å². The molecule has 3 nitrogen and oxygen atoms in total. The smallest absolute Gasteiger partial charge is 0.264 e. The predicted molar refractivity (Wildman–Crippen MR) is 118 cm³/mol. The Labute approximate surface area is 174 Å². The largest absolute Gasteiger partial charge is 0.481 e. The summed E-state index contributed by atoms with van der Waals surface area (Å²) in [7, 11) is 0. The van der Waals surface area contributed by atoms with Crippen molar-refractivity contribution in [3.8, 4) is 5.75 Å². The lowest BCUT2D eigenvalue weighted by atomic mass is 10.1. The molecule has 3 aromatic rings. The van der Waals surface area contributed by atoms with Gasteiger partial charge in [-0.3, -0.25) is 4.79 Å². The molecule has 3 rings (SSSR count). The highest BCUT2D eigenvalue weighted by Gasteiger charge is 2.25. The summed E-state index contributed by atoms with van der Waals surface area (Å²) in [6.45, 7) is 5.23. The van der Waals surface area contributed by atoms with E-state index in [1.165, 1.54) is 5.56 Å². The highest BCUT2D eigenvalue weighted by atomic mass is 16.5. The van der Waals surface area contributed by atoms with E-state index in [1.807, 2.05) is 60.4 Å². The van der Waals surface area contributed by atoms with Crippen molar-refractivity contribution in [2.45, 2.75) is 45.9 Å². The van der Waals surface area contributed by atoms with Gasteiger partial charge in [0.2, 0.25) is 0 Å². The number of benzene rings is 3. The van der Waals surface area contributed by atoms with Gasteiger partial charge in [0.1, 0.15) is 5.75 Å². The van der Waals surface area contributed by atoms with Crippen LogP contribution < -0.4 is 4.74 Å². The minimum Gasteiger partial charge on any atom is -0.481 e. The number of ether oxygens (including phenoxy) is 1. The van der Waals surface area contributed by atoms with Gasteiger partial charge < -0.3 is 9.64 Å². The molecule has 0 aliphatic carbocycles. The Bertz CT molecular complexity index is 834. The number of rotatable bonds is 9. The fraction of sp³-hybridized carbons (Fsp3) is 0.269. The zero-order valence-corrected chi connectivity index (χ0v) is 17.3. The number of hydrogen-bond acceptors (Lipinski definition) is 2. The van der Waals surface area contributed by atoms with Crippen molar-refractivity contribution in [3.63, 3.8) is 0 Å². The molecule has 0 bridgehead atoms. The molecule has 1 amide bonds. The second-order valence-electron chi connectivity index (χ2n) is 7.18. The van der Waals surface area contributed by atoms with Crippen LogP contribution in [0.15, 0.2) is 84.9 Å². The van der Waals surface area contributed by atoms with Crippen LogP contribution in [0, 0.1) is 0 Å². The molecule has 29 heavy (non-hydrogen) atoms. The zero-order chi connectivity index (χ0) is 20.5. The molecule has 0 unspecified atom stereocenters. The van der Waals surface area contributed by atoms with Gasteiger partial charge in [0, 0.05) is 13.1 Å². The highest BCUT2D eigenvalue weighted by Crippen LogP contribution is 2.19. The van der Waals surface area contributed by atoms with E-state index in [0.717, 1.165) is 23.3 Å². The molecule has 0 aromatic heterocycles. The molecule has 0 fully saturated rings. The molecule has 0 aliphatic heterocycles. The number of hydrogen-bond donors (Lipinski definition) is 0. The first kappa shape index (κ1) is 20.7. The highest BCUT2D eigenvalue weighted by molar-refractivity contribution is 5.81. The molecule has 0 aliphatic rings. The normalized spacial score (nSPS) is 11.7. The van der Waals surface area contributed by atoms with Gasteiger partial charge in [-0.2, -0.15) is 0 Å². The summed E-state index contributed by atoms with van der Waals surface area (Å²) < 4.78 is 6.09. The molecule has 0 N–H and O–H groups in total. The molecular formula is C26H29NO2. The minimum atomic E-state index is -0.505. The third kappa shape index (κ3) is 5.95. The number of carbonyl (C=O) groups is 1. The van der Waals surface area contributed by atoms with Crippen molar-refractivity contribution >= 4 is 5.91 Å². The van der Waals surface area contributed by atoms with Crippen LogP contribution in [0.5, 0.6) is 5.75 Å². The van der Waals surface area contributed by atoms with Crippen molar-refractivity contribution < 1.29 is 9.53 Å². The molecule has 0 saturated heterocycles. The molecule has 0 radical (unpaired) electrons. The predicted octanol–water partition coefficient (Wildman–Crippen LogP) is 5.64. The quantitative estimate of drug-likeness (QED) is 0.476. The molecular weight excluding hydrogens is 358 g/mol. The second-order valence-corrected chi connectivity index (χ2v) is 7.18. The summed E-state index contributed by atoms with van der Waals surface area (Å²) in [5.74, 6) is 0.751. The van der Waals surface area contributed by atoms with Gasteiger partial charge in [0.05, 0.1) is 0 Å². The maximum absolute atomic E-state index is 13.4. The van der Waals surface area contributed by atoms with Gasteiger partial charge in [-0.15, -0.1) is 0 Å². The lowest BCUT2D eigenvalue weighted by Crippen LogP contribution is -2.41. The molecule has 0 heterocycles. The van der Waals surface area contributed by atoms with Gasteiger partial charge >= 0.3 is 0 Å². The molecule has 3 heteroatoms. The Balaban J connectivity index is 1.78. The number of aryl methyl sites for hydroxylation is 1. The lowest BCUT2D eigenvalue weighted by molar-refractivity contribution is -0.140. The van der Waals surface area contributed by atoms with E-state index in [4.69, 9.17) is 4.74 Å². The van der Waals surface area contributed by atoms with Gasteiger partial charge in [-0.25, -0.2) is 0 Å². The van der Waals surface area contributed by atoms with E-state index >= 15 is 0 Å². The summed E-state index contributed by atoms with van der Waals surface area (Å²) >= 11 is 0. The Morgan fingerprint density at radius 1 is 0.759 bits per heavy atom. The van der Waals surface area contributed by atoms with Crippen molar-refractivity contribution in [2.75, 3.05) is 0 Å². The second kappa shape index (κ2) is 10.5. The summed E-state index contributed by atoms with van der Waals surface area (Å²) in [6.07, 6.45) is 1.10. The third-order valence-electron chi connectivity index (χ3n) is 5.00. The van der Waals surface area contributed by atoms with E-state index < -0.39 is 6.10 Å². The van der Waals surface area contributed by atoms with Crippen LogP contribution in [0.3, 0.4) is 0 Å². The zero-order valence-electron chi connectivity index (χ0n) is 17.3. The average Bonchev–Trinajstić information content (AvgIpc) is 2.78. The SMILES string of the molecule is CCc1ccc(O[C@H](CC)C(=O)N(Cc2ccccc2)Cc2ccccc2)cc1. The Morgan fingerprint density at radius 2 is 1.28 bits per heavy atom. The number of nitrogens with zero attached hydrogens (tertiary/aromatic N) is 1. The topological polar surface area (TPSA) is 29.5 Å². The van der Waals surface area contributed by atoms with E-state index in [-0.39, 0.29) is 5.91 Å². The van der Waals surface area contributed by atoms with Crippen LogP contribution in [-0.4, -0.2) is 16.9 Å². The van der Waals surface area contributed by atoms with E-state index in [9.17, 15) is 4.79 Å². The Hall–Kier alpha value is -3.07. The van der Waals surface area contributed by atoms with Crippen LogP contribution in [0.25, 0.3) is 0 Å². The Morgan fingerprint density at radius 3 is 1.72 bits per heavy atom. The van der Waals surface area contributed by atoms with Gasteiger partial charge in [-0.05, 0) is 41.7 Å². The first-order valence-electron chi connectivity index (χ1n) is 10.3. The summed E-state index contributed by atoms with van der Waals surface area (Å²) in [5, 5.41) is 0. The summed E-state index contributed by atoms with van der Waals surface area (Å²) in [5.41, 5.74) is 3.48. The summed E-state index contributed by atoms with van der Waals surface area (Å²) in [6, 6.07) is 28.2. The first-order chi connectivity index (χ1) is 14.2. The van der Waals surface area contributed by atoms with E-state index in [0.29, 0.717) is 19.5 Å². The number of carbonyl (C=O) groups excluding carboxylic acids is 1. The van der Waals surface area contributed by atoms with Crippen LogP contribution in [0.4, 0.5) is 0 Å². The fourth-order valence-electron chi connectivity index (χ4n) is 3.30. The monoisotopic (exact) mass is 387 g/mol. The molecule has 1 atom stereocenters. The maximum atomic E-state index is 13.4. The van der Waals surface area contributed by atoms with Gasteiger partial charge in [-0.1, -0.05) is 86.6 Å². The van der Waals surface area contributed by atoms with E-state index in [2.05, 4.69) is 43.3 Å². The van der Waals surface area contributed by atoms with Crippen LogP contribution in [0.2, 0.25) is 0 Å². The Kier molecular flexibility index (Phi) is 7.46. The molecule has 3 aromatic carbocycles. The van der Waals surface area contributed by atoms with Crippen molar-refractivity contribution in [1.82, 2.24) is 4.90 Å². The summed E-state index contributed by atoms with van der Waals surface area (Å²) in [4.78, 5) is 15.3. The maximum Gasteiger partial charge on any atom is 0.264 e. The first-order valence-corrected chi connectivity index (χ1v) is 10.3. The van der Waals surface area contributed by atoms with Crippen molar-refractivity contribution in [1.29, 1.82) is 0 Å². The van der Waals surface area contributed by atoms with E-state index in [1.54, 1.807) is 0 Å². The molecule has 0 saturated carbocycles. The van der Waals surface area contributed by atoms with Crippen LogP contribution in [0.1, 0.15) is 37.0 Å². The minimum absolute atomic E-state index is 0.0137. The molecule has 150 valence electrons. The number of amides is 1. The van der Waals surface area contributed by atoms with Crippen molar-refractivity contribution in [3.05, 3.63) is 102 Å². The third-order valence-corrected chi connectivity index (χ3v) is 5.00. The van der Waals surface area contributed by atoms with Gasteiger partial charge in [0.15, 0.2) is 6.10 Å². The molecule has 0 spiro atoms. The van der Waals surface area contributed by atoms with Crippen LogP contribution in [-0.2, 0) is 24.3 Å².